The van der Waals surface area contributed by atoms with Crippen molar-refractivity contribution in [3.63, 3.8) is 0 Å². The van der Waals surface area contributed by atoms with Crippen LogP contribution in [0, 0.1) is 5.92 Å². The second-order valence-corrected chi connectivity index (χ2v) is 6.95. The Morgan fingerprint density at radius 3 is 2.63 bits per heavy atom. The smallest absolute Gasteiger partial charge is 0.188 e. The van der Waals surface area contributed by atoms with Crippen molar-refractivity contribution in [1.29, 1.82) is 0 Å². The topological polar surface area (TPSA) is 93.8 Å². The van der Waals surface area contributed by atoms with E-state index >= 15 is 0 Å². The third kappa shape index (κ3) is 10.4. The fraction of sp³-hybridized carbons (Fsp3) is 0.909. The molecule has 0 heterocycles. The van der Waals surface area contributed by atoms with Crippen molar-refractivity contribution < 1.29 is 13.2 Å². The normalized spacial score (nSPS) is 16.6. The minimum Gasteiger partial charge on any atom is -0.379 e. The first-order valence-electron chi connectivity index (χ1n) is 6.26. The molecule has 0 unspecified atom stereocenters. The average molecular weight is 405 g/mol. The molecule has 8 heteroatoms. The third-order valence-corrected chi connectivity index (χ3v) is 3.80. The fourth-order valence-corrected chi connectivity index (χ4v) is 1.94. The number of ether oxygens (including phenoxy) is 1. The standard InChI is InChI=1S/C11H23N3O3S.HI/c1-18(15,16)8-7-17-6-5-13-11(12)14-9-10-3-2-4-10;/h10H,2-9H2,1H3,(H3,12,13,14);1H. The van der Waals surface area contributed by atoms with Crippen LogP contribution in [-0.4, -0.2) is 52.7 Å². The molecule has 0 atom stereocenters. The summed E-state index contributed by atoms with van der Waals surface area (Å²) < 4.78 is 26.8. The molecule has 1 fully saturated rings. The van der Waals surface area contributed by atoms with E-state index in [0.717, 1.165) is 6.54 Å². The first kappa shape index (κ1) is 18.9. The molecular weight excluding hydrogens is 381 g/mol. The Labute approximate surface area is 132 Å². The van der Waals surface area contributed by atoms with Crippen molar-refractivity contribution in [2.24, 2.45) is 16.6 Å². The molecule has 1 rings (SSSR count). The minimum atomic E-state index is -2.94. The van der Waals surface area contributed by atoms with Gasteiger partial charge in [-0.25, -0.2) is 8.42 Å². The van der Waals surface area contributed by atoms with E-state index in [9.17, 15) is 8.42 Å². The van der Waals surface area contributed by atoms with Gasteiger partial charge < -0.3 is 15.8 Å². The Morgan fingerprint density at radius 1 is 1.42 bits per heavy atom. The molecule has 0 spiro atoms. The van der Waals surface area contributed by atoms with Crippen LogP contribution in [0.4, 0.5) is 0 Å². The van der Waals surface area contributed by atoms with Crippen LogP contribution in [0.3, 0.4) is 0 Å². The summed E-state index contributed by atoms with van der Waals surface area (Å²) in [5.41, 5.74) is 5.67. The molecule has 1 aliphatic carbocycles. The molecule has 0 aliphatic heterocycles. The van der Waals surface area contributed by atoms with Crippen LogP contribution in [-0.2, 0) is 14.6 Å². The van der Waals surface area contributed by atoms with E-state index in [2.05, 4.69) is 10.3 Å². The van der Waals surface area contributed by atoms with Gasteiger partial charge in [0.05, 0.1) is 19.0 Å². The van der Waals surface area contributed by atoms with E-state index in [4.69, 9.17) is 10.5 Å². The van der Waals surface area contributed by atoms with E-state index in [1.165, 1.54) is 25.5 Å². The van der Waals surface area contributed by atoms with Crippen LogP contribution in [0.1, 0.15) is 19.3 Å². The quantitative estimate of drug-likeness (QED) is 0.264. The summed E-state index contributed by atoms with van der Waals surface area (Å²) in [6, 6.07) is 0. The lowest BCUT2D eigenvalue weighted by Crippen LogP contribution is -2.35. The number of nitrogens with two attached hydrogens (primary N) is 1. The van der Waals surface area contributed by atoms with Crippen molar-refractivity contribution >= 4 is 39.8 Å². The molecule has 0 aromatic heterocycles. The molecular formula is C11H24IN3O3S. The molecule has 19 heavy (non-hydrogen) atoms. The van der Waals surface area contributed by atoms with Gasteiger partial charge in [0, 0.05) is 19.3 Å². The maximum atomic E-state index is 10.8. The second kappa shape index (κ2) is 9.76. The number of nitrogens with one attached hydrogen (secondary N) is 1. The summed E-state index contributed by atoms with van der Waals surface area (Å²) in [4.78, 5) is 4.24. The van der Waals surface area contributed by atoms with Crippen LogP contribution in [0.2, 0.25) is 0 Å². The molecule has 0 bridgehead atoms. The van der Waals surface area contributed by atoms with Gasteiger partial charge in [0.25, 0.3) is 0 Å². The van der Waals surface area contributed by atoms with Gasteiger partial charge in [-0.05, 0) is 18.8 Å². The Morgan fingerprint density at radius 2 is 2.11 bits per heavy atom. The van der Waals surface area contributed by atoms with E-state index in [1.54, 1.807) is 0 Å². The molecule has 114 valence electrons. The van der Waals surface area contributed by atoms with Gasteiger partial charge in [-0.3, -0.25) is 4.99 Å². The largest absolute Gasteiger partial charge is 0.379 e. The first-order chi connectivity index (χ1) is 8.47. The molecule has 1 aliphatic rings. The summed E-state index contributed by atoms with van der Waals surface area (Å²) in [7, 11) is -2.94. The molecule has 3 N–H and O–H groups in total. The summed E-state index contributed by atoms with van der Waals surface area (Å²) in [6.45, 7) is 1.99. The summed E-state index contributed by atoms with van der Waals surface area (Å²) in [5.74, 6) is 1.20. The molecule has 0 aromatic rings. The highest BCUT2D eigenvalue weighted by Crippen LogP contribution is 2.26. The Bertz CT molecular complexity index is 369. The second-order valence-electron chi connectivity index (χ2n) is 4.69. The van der Waals surface area contributed by atoms with Crippen molar-refractivity contribution in [3.8, 4) is 0 Å². The van der Waals surface area contributed by atoms with Gasteiger partial charge in [0.1, 0.15) is 9.84 Å². The van der Waals surface area contributed by atoms with Crippen molar-refractivity contribution in [2.45, 2.75) is 19.3 Å². The zero-order valence-corrected chi connectivity index (χ0v) is 14.4. The van der Waals surface area contributed by atoms with Gasteiger partial charge in [-0.15, -0.1) is 24.0 Å². The van der Waals surface area contributed by atoms with Gasteiger partial charge in [-0.2, -0.15) is 0 Å². The number of aliphatic imine (C=N–C) groups is 1. The molecule has 0 radical (unpaired) electrons. The summed E-state index contributed by atoms with van der Waals surface area (Å²) in [6.07, 6.45) is 5.01. The average Bonchev–Trinajstić information content (AvgIpc) is 2.19. The lowest BCUT2D eigenvalue weighted by atomic mass is 9.86. The predicted molar refractivity (Wildman–Crippen MR) is 87.8 cm³/mol. The molecule has 0 aromatic carbocycles. The number of hydrogen-bond acceptors (Lipinski definition) is 4. The highest BCUT2D eigenvalue weighted by atomic mass is 127. The van der Waals surface area contributed by atoms with E-state index in [-0.39, 0.29) is 36.3 Å². The van der Waals surface area contributed by atoms with Gasteiger partial charge in [0.2, 0.25) is 0 Å². The van der Waals surface area contributed by atoms with Gasteiger partial charge in [-0.1, -0.05) is 6.42 Å². The maximum absolute atomic E-state index is 10.8. The van der Waals surface area contributed by atoms with E-state index in [1.807, 2.05) is 0 Å². The Hall–Kier alpha value is -0.0900. The highest BCUT2D eigenvalue weighted by molar-refractivity contribution is 14.0. The number of halogens is 1. The zero-order chi connectivity index (χ0) is 13.4. The van der Waals surface area contributed by atoms with E-state index in [0.29, 0.717) is 25.0 Å². The van der Waals surface area contributed by atoms with Gasteiger partial charge in [0.15, 0.2) is 5.96 Å². The number of guanidine groups is 1. The third-order valence-electron chi connectivity index (χ3n) is 2.90. The van der Waals surface area contributed by atoms with Crippen LogP contribution < -0.4 is 11.1 Å². The number of hydrogen-bond donors (Lipinski definition) is 2. The SMILES string of the molecule is CS(=O)(=O)CCOCCNC(N)=NCC1CCC1.I. The van der Waals surface area contributed by atoms with Crippen molar-refractivity contribution in [2.75, 3.05) is 38.3 Å². The molecule has 0 amide bonds. The molecule has 0 saturated heterocycles. The van der Waals surface area contributed by atoms with E-state index < -0.39 is 9.84 Å². The lowest BCUT2D eigenvalue weighted by Gasteiger charge is -2.23. The summed E-state index contributed by atoms with van der Waals surface area (Å²) in [5, 5.41) is 2.94. The Balaban J connectivity index is 0.00000324. The highest BCUT2D eigenvalue weighted by Gasteiger charge is 2.16. The van der Waals surface area contributed by atoms with Crippen LogP contribution >= 0.6 is 24.0 Å². The predicted octanol–water partition coefficient (Wildman–Crippen LogP) is 0.370. The van der Waals surface area contributed by atoms with Crippen molar-refractivity contribution in [1.82, 2.24) is 5.32 Å². The maximum Gasteiger partial charge on any atom is 0.188 e. The number of rotatable bonds is 8. The molecule has 6 nitrogen and oxygen atoms in total. The first-order valence-corrected chi connectivity index (χ1v) is 8.32. The Kier molecular flexibility index (Phi) is 9.71. The van der Waals surface area contributed by atoms with Crippen LogP contribution in [0.5, 0.6) is 0 Å². The number of nitrogens with zero attached hydrogens (tertiary/aromatic N) is 1. The lowest BCUT2D eigenvalue weighted by molar-refractivity contribution is 0.154. The van der Waals surface area contributed by atoms with Crippen LogP contribution in [0.15, 0.2) is 4.99 Å². The fourth-order valence-electron chi connectivity index (χ4n) is 1.52. The van der Waals surface area contributed by atoms with Crippen molar-refractivity contribution in [3.05, 3.63) is 0 Å². The zero-order valence-electron chi connectivity index (χ0n) is 11.3. The number of sulfone groups is 1. The molecule has 1 saturated carbocycles. The van der Waals surface area contributed by atoms with Crippen LogP contribution in [0.25, 0.3) is 0 Å². The monoisotopic (exact) mass is 405 g/mol. The summed E-state index contributed by atoms with van der Waals surface area (Å²) >= 11 is 0. The van der Waals surface area contributed by atoms with Gasteiger partial charge >= 0.3 is 0 Å². The minimum absolute atomic E-state index is 0.